The normalized spacial score (nSPS) is 19.5. The number of amides is 1. The van der Waals surface area contributed by atoms with Crippen LogP contribution in [0.3, 0.4) is 0 Å². The Bertz CT molecular complexity index is 150. The molecule has 0 radical (unpaired) electrons. The molecule has 1 saturated carbocycles. The highest BCUT2D eigenvalue weighted by Crippen LogP contribution is 2.48. The van der Waals surface area contributed by atoms with Crippen molar-refractivity contribution in [1.29, 1.82) is 0 Å². The molecule has 0 saturated heterocycles. The summed E-state index contributed by atoms with van der Waals surface area (Å²) in [7, 11) is 0. The summed E-state index contributed by atoms with van der Waals surface area (Å²) in [6.45, 7) is 4.74. The third-order valence-electron chi connectivity index (χ3n) is 2.43. The van der Waals surface area contributed by atoms with Gasteiger partial charge in [-0.05, 0) is 31.1 Å². The van der Waals surface area contributed by atoms with Gasteiger partial charge in [-0.2, -0.15) is 0 Å². The van der Waals surface area contributed by atoms with Crippen LogP contribution in [0.4, 0.5) is 0 Å². The van der Waals surface area contributed by atoms with E-state index in [1.807, 2.05) is 0 Å². The Hall–Kier alpha value is -0.530. The number of rotatable bonds is 4. The maximum absolute atomic E-state index is 10.5. The molecule has 11 heavy (non-hydrogen) atoms. The second-order valence-electron chi connectivity index (χ2n) is 3.90. The predicted molar refractivity (Wildman–Crippen MR) is 45.3 cm³/mol. The van der Waals surface area contributed by atoms with Crippen LogP contribution in [0.1, 0.15) is 39.5 Å². The zero-order valence-electron chi connectivity index (χ0n) is 7.44. The maximum atomic E-state index is 10.5. The summed E-state index contributed by atoms with van der Waals surface area (Å²) in [5.41, 5.74) is 0.637. The summed E-state index contributed by atoms with van der Waals surface area (Å²) in [6, 6.07) is 0. The first-order chi connectivity index (χ1) is 5.12. The van der Waals surface area contributed by atoms with Crippen LogP contribution in [0.2, 0.25) is 0 Å². The Balaban J connectivity index is 1.92. The SMILES string of the molecule is CC(=O)NCCCC1(C)CC1. The van der Waals surface area contributed by atoms with Crippen molar-refractivity contribution in [1.82, 2.24) is 5.32 Å². The second-order valence-corrected chi connectivity index (χ2v) is 3.90. The monoisotopic (exact) mass is 155 g/mol. The summed E-state index contributed by atoms with van der Waals surface area (Å²) in [6.07, 6.45) is 5.17. The van der Waals surface area contributed by atoms with E-state index >= 15 is 0 Å². The summed E-state index contributed by atoms with van der Waals surface area (Å²) >= 11 is 0. The van der Waals surface area contributed by atoms with E-state index in [0.717, 1.165) is 13.0 Å². The van der Waals surface area contributed by atoms with Gasteiger partial charge >= 0.3 is 0 Å². The standard InChI is InChI=1S/C9H17NO/c1-8(11)10-7-3-4-9(2)5-6-9/h3-7H2,1-2H3,(H,10,11). The number of nitrogens with one attached hydrogen (secondary N) is 1. The van der Waals surface area contributed by atoms with Gasteiger partial charge in [-0.3, -0.25) is 4.79 Å². The fourth-order valence-corrected chi connectivity index (χ4v) is 1.24. The molecule has 0 unspecified atom stereocenters. The molecule has 0 atom stereocenters. The van der Waals surface area contributed by atoms with Crippen molar-refractivity contribution in [2.75, 3.05) is 6.54 Å². The van der Waals surface area contributed by atoms with Gasteiger partial charge in [0.05, 0.1) is 0 Å². The first-order valence-corrected chi connectivity index (χ1v) is 4.37. The van der Waals surface area contributed by atoms with E-state index in [4.69, 9.17) is 0 Å². The van der Waals surface area contributed by atoms with Gasteiger partial charge in [-0.25, -0.2) is 0 Å². The minimum Gasteiger partial charge on any atom is -0.356 e. The van der Waals surface area contributed by atoms with Gasteiger partial charge in [-0.15, -0.1) is 0 Å². The quantitative estimate of drug-likeness (QED) is 0.615. The second kappa shape index (κ2) is 3.24. The Kier molecular flexibility index (Phi) is 2.53. The number of hydrogen-bond acceptors (Lipinski definition) is 1. The lowest BCUT2D eigenvalue weighted by atomic mass is 10.0. The number of carbonyl (C=O) groups excluding carboxylic acids is 1. The van der Waals surface area contributed by atoms with Crippen LogP contribution < -0.4 is 5.32 Å². The van der Waals surface area contributed by atoms with Gasteiger partial charge in [-0.1, -0.05) is 6.92 Å². The third kappa shape index (κ3) is 3.40. The predicted octanol–water partition coefficient (Wildman–Crippen LogP) is 1.70. The van der Waals surface area contributed by atoms with Crippen molar-refractivity contribution in [3.63, 3.8) is 0 Å². The number of carbonyl (C=O) groups is 1. The zero-order chi connectivity index (χ0) is 8.32. The highest BCUT2D eigenvalue weighted by molar-refractivity contribution is 5.72. The molecule has 1 rings (SSSR count). The van der Waals surface area contributed by atoms with E-state index < -0.39 is 0 Å². The molecule has 0 aromatic rings. The van der Waals surface area contributed by atoms with Crippen molar-refractivity contribution in [3.05, 3.63) is 0 Å². The summed E-state index contributed by atoms with van der Waals surface area (Å²) in [4.78, 5) is 10.5. The van der Waals surface area contributed by atoms with E-state index in [2.05, 4.69) is 12.2 Å². The summed E-state index contributed by atoms with van der Waals surface area (Å²) in [5.74, 6) is 0.0888. The Labute approximate surface area is 68.4 Å². The molecule has 1 N–H and O–H groups in total. The third-order valence-corrected chi connectivity index (χ3v) is 2.43. The lowest BCUT2D eigenvalue weighted by Gasteiger charge is -2.06. The van der Waals surface area contributed by atoms with Crippen molar-refractivity contribution in [3.8, 4) is 0 Å². The molecule has 1 amide bonds. The van der Waals surface area contributed by atoms with Gasteiger partial charge in [0.2, 0.25) is 5.91 Å². The lowest BCUT2D eigenvalue weighted by molar-refractivity contribution is -0.118. The molecular formula is C9H17NO. The highest BCUT2D eigenvalue weighted by Gasteiger charge is 2.35. The number of hydrogen-bond donors (Lipinski definition) is 1. The molecule has 0 aromatic heterocycles. The molecule has 0 heterocycles. The van der Waals surface area contributed by atoms with E-state index in [9.17, 15) is 4.79 Å². The molecule has 0 bridgehead atoms. The summed E-state index contributed by atoms with van der Waals surface area (Å²) in [5, 5.41) is 2.81. The van der Waals surface area contributed by atoms with E-state index in [1.54, 1.807) is 6.92 Å². The van der Waals surface area contributed by atoms with Crippen molar-refractivity contribution in [2.45, 2.75) is 39.5 Å². The Morgan fingerprint density at radius 1 is 1.55 bits per heavy atom. The molecule has 64 valence electrons. The molecule has 1 fully saturated rings. The molecule has 2 nitrogen and oxygen atoms in total. The molecule has 1 aliphatic carbocycles. The van der Waals surface area contributed by atoms with E-state index in [-0.39, 0.29) is 5.91 Å². The molecule has 0 aromatic carbocycles. The first-order valence-electron chi connectivity index (χ1n) is 4.37. The smallest absolute Gasteiger partial charge is 0.216 e. The van der Waals surface area contributed by atoms with Crippen molar-refractivity contribution in [2.24, 2.45) is 5.41 Å². The molecular weight excluding hydrogens is 138 g/mol. The van der Waals surface area contributed by atoms with Crippen molar-refractivity contribution >= 4 is 5.91 Å². The largest absolute Gasteiger partial charge is 0.356 e. The topological polar surface area (TPSA) is 29.1 Å². The molecule has 2 heteroatoms. The van der Waals surface area contributed by atoms with Gasteiger partial charge in [0, 0.05) is 13.5 Å². The Morgan fingerprint density at radius 3 is 2.64 bits per heavy atom. The van der Waals surface area contributed by atoms with Crippen LogP contribution in [-0.2, 0) is 4.79 Å². The maximum Gasteiger partial charge on any atom is 0.216 e. The Morgan fingerprint density at radius 2 is 2.18 bits per heavy atom. The van der Waals surface area contributed by atoms with Gasteiger partial charge in [0.1, 0.15) is 0 Å². The average Bonchev–Trinajstić information content (AvgIpc) is 2.62. The molecule has 0 aliphatic heterocycles. The fraction of sp³-hybridized carbons (Fsp3) is 0.889. The minimum atomic E-state index is 0.0888. The molecule has 0 spiro atoms. The van der Waals surface area contributed by atoms with Crippen LogP contribution in [0.15, 0.2) is 0 Å². The van der Waals surface area contributed by atoms with Gasteiger partial charge in [0.25, 0.3) is 0 Å². The van der Waals surface area contributed by atoms with E-state index in [0.29, 0.717) is 5.41 Å². The minimum absolute atomic E-state index is 0.0888. The van der Waals surface area contributed by atoms with Crippen LogP contribution in [0.25, 0.3) is 0 Å². The van der Waals surface area contributed by atoms with Crippen LogP contribution in [0.5, 0.6) is 0 Å². The average molecular weight is 155 g/mol. The summed E-state index contributed by atoms with van der Waals surface area (Å²) < 4.78 is 0. The lowest BCUT2D eigenvalue weighted by Crippen LogP contribution is -2.21. The highest BCUT2D eigenvalue weighted by atomic mass is 16.1. The zero-order valence-corrected chi connectivity index (χ0v) is 7.44. The van der Waals surface area contributed by atoms with E-state index in [1.165, 1.54) is 19.3 Å². The fourth-order valence-electron chi connectivity index (χ4n) is 1.24. The molecule has 1 aliphatic rings. The van der Waals surface area contributed by atoms with Crippen molar-refractivity contribution < 1.29 is 4.79 Å². The first kappa shape index (κ1) is 8.57. The van der Waals surface area contributed by atoms with Gasteiger partial charge < -0.3 is 5.32 Å². The van der Waals surface area contributed by atoms with Gasteiger partial charge in [0.15, 0.2) is 0 Å². The van der Waals surface area contributed by atoms with Crippen LogP contribution >= 0.6 is 0 Å². The van der Waals surface area contributed by atoms with Crippen LogP contribution in [-0.4, -0.2) is 12.5 Å². The van der Waals surface area contributed by atoms with Crippen LogP contribution in [0, 0.1) is 5.41 Å².